The summed E-state index contributed by atoms with van der Waals surface area (Å²) in [5, 5.41) is 0. The minimum Gasteiger partial charge on any atom is -0.456 e. The number of hydrazine groups is 1. The maximum absolute atomic E-state index is 11.3. The Balaban J connectivity index is 2.78. The molecule has 3 N–H and O–H groups in total. The molecule has 0 saturated heterocycles. The molecule has 1 atom stereocenters. The molecule has 0 aliphatic rings. The van der Waals surface area contributed by atoms with E-state index < -0.39 is 5.91 Å². The Morgan fingerprint density at radius 1 is 1.65 bits per heavy atom. The molecule has 0 radical (unpaired) electrons. The second kappa shape index (κ2) is 5.84. The highest BCUT2D eigenvalue weighted by Crippen LogP contribution is 2.17. The van der Waals surface area contributed by atoms with Crippen LogP contribution in [0, 0.1) is 6.92 Å². The lowest BCUT2D eigenvalue weighted by Gasteiger charge is -2.22. The van der Waals surface area contributed by atoms with Crippen molar-refractivity contribution >= 4 is 5.91 Å². The van der Waals surface area contributed by atoms with Gasteiger partial charge in [0.15, 0.2) is 5.76 Å². The number of nitrogens with one attached hydrogen (secondary N) is 1. The zero-order chi connectivity index (χ0) is 13.0. The molecule has 1 amide bonds. The van der Waals surface area contributed by atoms with Crippen LogP contribution in [0.15, 0.2) is 10.5 Å². The van der Waals surface area contributed by atoms with Crippen LogP contribution in [0.2, 0.25) is 0 Å². The van der Waals surface area contributed by atoms with Crippen LogP contribution in [0.5, 0.6) is 0 Å². The van der Waals surface area contributed by atoms with Crippen LogP contribution in [0.3, 0.4) is 0 Å². The number of aryl methyl sites for hydroxylation is 1. The predicted molar refractivity (Wildman–Crippen MR) is 66.3 cm³/mol. The van der Waals surface area contributed by atoms with E-state index in [1.54, 1.807) is 6.07 Å². The third kappa shape index (κ3) is 3.31. The normalized spacial score (nSPS) is 12.8. The summed E-state index contributed by atoms with van der Waals surface area (Å²) in [6.45, 7) is 6.94. The largest absolute Gasteiger partial charge is 0.456 e. The standard InChI is InChI=1S/C12H21N3O2/c1-5-8(2)15(4)7-10-6-11(12(16)14-13)17-9(10)3/h6,8H,5,7,13H2,1-4H3,(H,14,16). The van der Waals surface area contributed by atoms with Crippen molar-refractivity contribution in [1.29, 1.82) is 0 Å². The summed E-state index contributed by atoms with van der Waals surface area (Å²) in [4.78, 5) is 13.5. The van der Waals surface area contributed by atoms with Crippen molar-refractivity contribution in [2.75, 3.05) is 7.05 Å². The predicted octanol–water partition coefficient (Wildman–Crippen LogP) is 1.42. The lowest BCUT2D eigenvalue weighted by molar-refractivity contribution is 0.0924. The number of hydrogen-bond donors (Lipinski definition) is 2. The summed E-state index contributed by atoms with van der Waals surface area (Å²) >= 11 is 0. The average molecular weight is 239 g/mol. The van der Waals surface area contributed by atoms with Gasteiger partial charge >= 0.3 is 5.91 Å². The third-order valence-corrected chi connectivity index (χ3v) is 3.14. The number of amides is 1. The lowest BCUT2D eigenvalue weighted by Crippen LogP contribution is -2.29. The van der Waals surface area contributed by atoms with Crippen molar-refractivity contribution in [2.24, 2.45) is 5.84 Å². The Labute approximate surface area is 102 Å². The molecule has 0 aromatic carbocycles. The van der Waals surface area contributed by atoms with Gasteiger partial charge in [0, 0.05) is 18.2 Å². The Morgan fingerprint density at radius 3 is 2.82 bits per heavy atom. The fraction of sp³-hybridized carbons (Fsp3) is 0.583. The van der Waals surface area contributed by atoms with Gasteiger partial charge in [-0.15, -0.1) is 0 Å². The highest BCUT2D eigenvalue weighted by Gasteiger charge is 2.16. The smallest absolute Gasteiger partial charge is 0.300 e. The van der Waals surface area contributed by atoms with Crippen LogP contribution in [-0.2, 0) is 6.54 Å². The number of nitrogens with zero attached hydrogens (tertiary/aromatic N) is 1. The Bertz CT molecular complexity index is 387. The first kappa shape index (κ1) is 13.7. The topological polar surface area (TPSA) is 71.5 Å². The van der Waals surface area contributed by atoms with Gasteiger partial charge in [0.1, 0.15) is 5.76 Å². The third-order valence-electron chi connectivity index (χ3n) is 3.14. The van der Waals surface area contributed by atoms with Crippen molar-refractivity contribution in [2.45, 2.75) is 39.8 Å². The molecule has 17 heavy (non-hydrogen) atoms. The van der Waals surface area contributed by atoms with Gasteiger partial charge in [-0.3, -0.25) is 15.1 Å². The van der Waals surface area contributed by atoms with Crippen molar-refractivity contribution in [3.8, 4) is 0 Å². The zero-order valence-corrected chi connectivity index (χ0v) is 10.9. The van der Waals surface area contributed by atoms with Crippen molar-refractivity contribution in [3.05, 3.63) is 23.2 Å². The molecule has 1 aromatic rings. The van der Waals surface area contributed by atoms with E-state index in [0.717, 1.165) is 24.3 Å². The fourth-order valence-corrected chi connectivity index (χ4v) is 1.60. The van der Waals surface area contributed by atoms with Crippen LogP contribution >= 0.6 is 0 Å². The minimum absolute atomic E-state index is 0.262. The molecule has 0 fully saturated rings. The highest BCUT2D eigenvalue weighted by molar-refractivity contribution is 5.91. The Kier molecular flexibility index (Phi) is 4.72. The highest BCUT2D eigenvalue weighted by atomic mass is 16.4. The van der Waals surface area contributed by atoms with Gasteiger partial charge in [0.05, 0.1) is 0 Å². The van der Waals surface area contributed by atoms with E-state index in [2.05, 4.69) is 31.2 Å². The molecule has 0 bridgehead atoms. The SMILES string of the molecule is CCC(C)N(C)Cc1cc(C(=O)NN)oc1C. The van der Waals surface area contributed by atoms with Crippen molar-refractivity contribution in [1.82, 2.24) is 10.3 Å². The molecule has 5 heteroatoms. The van der Waals surface area contributed by atoms with Gasteiger partial charge in [-0.25, -0.2) is 5.84 Å². The quantitative estimate of drug-likeness (QED) is 0.463. The summed E-state index contributed by atoms with van der Waals surface area (Å²) in [6.07, 6.45) is 1.09. The first-order valence-corrected chi connectivity index (χ1v) is 5.80. The van der Waals surface area contributed by atoms with Crippen LogP contribution in [0.1, 0.15) is 42.1 Å². The van der Waals surface area contributed by atoms with Gasteiger partial charge in [-0.2, -0.15) is 0 Å². The van der Waals surface area contributed by atoms with E-state index in [1.165, 1.54) is 0 Å². The first-order valence-electron chi connectivity index (χ1n) is 5.80. The van der Waals surface area contributed by atoms with Gasteiger partial charge in [-0.05, 0) is 33.4 Å². The van der Waals surface area contributed by atoms with Crippen molar-refractivity contribution < 1.29 is 9.21 Å². The monoisotopic (exact) mass is 239 g/mol. The van der Waals surface area contributed by atoms with E-state index in [9.17, 15) is 4.79 Å². The number of hydrogen-bond acceptors (Lipinski definition) is 4. The molecular weight excluding hydrogens is 218 g/mol. The Morgan fingerprint density at radius 2 is 2.29 bits per heavy atom. The lowest BCUT2D eigenvalue weighted by atomic mass is 10.2. The molecule has 1 unspecified atom stereocenters. The number of carbonyl (C=O) groups excluding carboxylic acids is 1. The summed E-state index contributed by atoms with van der Waals surface area (Å²) in [7, 11) is 2.06. The number of rotatable bonds is 5. The van der Waals surface area contributed by atoms with Crippen LogP contribution in [0.4, 0.5) is 0 Å². The second-order valence-corrected chi connectivity index (χ2v) is 4.34. The van der Waals surface area contributed by atoms with E-state index in [4.69, 9.17) is 10.3 Å². The van der Waals surface area contributed by atoms with Gasteiger partial charge in [0.25, 0.3) is 0 Å². The van der Waals surface area contributed by atoms with Crippen LogP contribution in [-0.4, -0.2) is 23.9 Å². The summed E-state index contributed by atoms with van der Waals surface area (Å²) in [5.41, 5.74) is 3.08. The molecule has 96 valence electrons. The molecule has 0 saturated carbocycles. The molecule has 0 spiro atoms. The van der Waals surface area contributed by atoms with E-state index in [-0.39, 0.29) is 5.76 Å². The van der Waals surface area contributed by atoms with Gasteiger partial charge in [-0.1, -0.05) is 6.92 Å². The summed E-state index contributed by atoms with van der Waals surface area (Å²) in [6, 6.07) is 2.24. The number of furan rings is 1. The number of nitrogen functional groups attached to an aromatic ring is 1. The maximum atomic E-state index is 11.3. The molecular formula is C12H21N3O2. The van der Waals surface area contributed by atoms with E-state index in [0.29, 0.717) is 6.04 Å². The van der Waals surface area contributed by atoms with Crippen LogP contribution in [0.25, 0.3) is 0 Å². The minimum atomic E-state index is -0.398. The first-order chi connectivity index (χ1) is 7.99. The summed E-state index contributed by atoms with van der Waals surface area (Å²) < 4.78 is 5.36. The molecule has 1 heterocycles. The zero-order valence-electron chi connectivity index (χ0n) is 10.9. The van der Waals surface area contributed by atoms with Gasteiger partial charge < -0.3 is 4.42 Å². The molecule has 5 nitrogen and oxygen atoms in total. The van der Waals surface area contributed by atoms with E-state index in [1.807, 2.05) is 6.92 Å². The number of carbonyl (C=O) groups is 1. The van der Waals surface area contributed by atoms with Crippen LogP contribution < -0.4 is 11.3 Å². The van der Waals surface area contributed by atoms with Gasteiger partial charge in [0.2, 0.25) is 0 Å². The second-order valence-electron chi connectivity index (χ2n) is 4.34. The Hall–Kier alpha value is -1.33. The number of nitrogens with two attached hydrogens (primary N) is 1. The van der Waals surface area contributed by atoms with Crippen molar-refractivity contribution in [3.63, 3.8) is 0 Å². The maximum Gasteiger partial charge on any atom is 0.300 e. The summed E-state index contributed by atoms with van der Waals surface area (Å²) in [5.74, 6) is 5.69. The molecule has 0 aliphatic heterocycles. The molecule has 1 aromatic heterocycles. The molecule has 0 aliphatic carbocycles. The average Bonchev–Trinajstić information content (AvgIpc) is 2.68. The fourth-order valence-electron chi connectivity index (χ4n) is 1.60. The van der Waals surface area contributed by atoms with E-state index >= 15 is 0 Å². The molecule has 1 rings (SSSR count).